The highest BCUT2D eigenvalue weighted by molar-refractivity contribution is 6.33. The molecule has 0 unspecified atom stereocenters. The Hall–Kier alpha value is -2.32. The summed E-state index contributed by atoms with van der Waals surface area (Å²) in [5.74, 6) is -1.10. The lowest BCUT2D eigenvalue weighted by molar-refractivity contribution is -0.149. The largest absolute Gasteiger partial charge is 0.467 e. The van der Waals surface area contributed by atoms with Crippen molar-refractivity contribution in [3.05, 3.63) is 28.8 Å². The predicted molar refractivity (Wildman–Crippen MR) is 84.5 cm³/mol. The van der Waals surface area contributed by atoms with E-state index in [2.05, 4.69) is 15.4 Å². The molecular weight excluding hydrogens is 326 g/mol. The number of carbonyl (C=O) groups is 3. The van der Waals surface area contributed by atoms with Gasteiger partial charge in [-0.3, -0.25) is 4.79 Å². The van der Waals surface area contributed by atoms with Crippen LogP contribution in [0.15, 0.2) is 18.2 Å². The Kier molecular flexibility index (Phi) is 6.80. The zero-order chi connectivity index (χ0) is 17.6. The Morgan fingerprint density at radius 3 is 2.57 bits per heavy atom. The van der Waals surface area contributed by atoms with Crippen molar-refractivity contribution in [1.29, 1.82) is 0 Å². The van der Waals surface area contributed by atoms with Gasteiger partial charge in [-0.25, -0.2) is 9.59 Å². The highest BCUT2D eigenvalue weighted by Gasteiger charge is 2.17. The molecule has 0 aliphatic heterocycles. The summed E-state index contributed by atoms with van der Waals surface area (Å²) in [7, 11) is 4.33. The minimum Gasteiger partial charge on any atom is -0.467 e. The van der Waals surface area contributed by atoms with Gasteiger partial charge in [0, 0.05) is 19.7 Å². The molecule has 3 N–H and O–H groups in total. The lowest BCUT2D eigenvalue weighted by Crippen LogP contribution is -2.39. The summed E-state index contributed by atoms with van der Waals surface area (Å²) in [6.45, 7) is -0.327. The van der Waals surface area contributed by atoms with Crippen LogP contribution >= 0.6 is 11.6 Å². The first-order valence-electron chi connectivity index (χ1n) is 6.58. The van der Waals surface area contributed by atoms with Gasteiger partial charge < -0.3 is 25.4 Å². The van der Waals surface area contributed by atoms with Crippen molar-refractivity contribution < 1.29 is 24.2 Å². The highest BCUT2D eigenvalue weighted by Crippen LogP contribution is 2.23. The van der Waals surface area contributed by atoms with Crippen molar-refractivity contribution in [2.24, 2.45) is 0 Å². The number of hydrogen-bond acceptors (Lipinski definition) is 5. The number of amides is 3. The topological polar surface area (TPSA) is 108 Å². The van der Waals surface area contributed by atoms with Crippen LogP contribution in [0, 0.1) is 0 Å². The predicted octanol–water partition coefficient (Wildman–Crippen LogP) is 0.697. The van der Waals surface area contributed by atoms with Gasteiger partial charge in [-0.2, -0.15) is 0 Å². The second-order valence-corrected chi connectivity index (χ2v) is 5.18. The zero-order valence-electron chi connectivity index (χ0n) is 12.9. The van der Waals surface area contributed by atoms with E-state index in [4.69, 9.17) is 11.6 Å². The SMILES string of the molecule is COC(=O)[C@@H](O)CNC(=O)Nc1cc(C(=O)N(C)C)ccc1Cl. The number of ether oxygens (including phenoxy) is 1. The van der Waals surface area contributed by atoms with E-state index in [0.717, 1.165) is 7.11 Å². The minimum absolute atomic E-state index is 0.226. The Bertz CT molecular complexity index is 606. The van der Waals surface area contributed by atoms with E-state index in [9.17, 15) is 19.5 Å². The first kappa shape index (κ1) is 18.7. The lowest BCUT2D eigenvalue weighted by atomic mass is 10.2. The second-order valence-electron chi connectivity index (χ2n) is 4.77. The Morgan fingerprint density at radius 2 is 2.00 bits per heavy atom. The van der Waals surface area contributed by atoms with Gasteiger partial charge in [0.2, 0.25) is 0 Å². The second kappa shape index (κ2) is 8.35. The number of esters is 1. The van der Waals surface area contributed by atoms with Crippen LogP contribution in [0.4, 0.5) is 10.5 Å². The van der Waals surface area contributed by atoms with Crippen molar-refractivity contribution in [2.45, 2.75) is 6.10 Å². The molecule has 0 bridgehead atoms. The van der Waals surface area contributed by atoms with E-state index in [1.54, 1.807) is 14.1 Å². The molecular formula is C14H18ClN3O5. The van der Waals surface area contributed by atoms with Gasteiger partial charge in [0.15, 0.2) is 6.10 Å². The van der Waals surface area contributed by atoms with E-state index in [-0.39, 0.29) is 23.2 Å². The van der Waals surface area contributed by atoms with Crippen molar-refractivity contribution in [2.75, 3.05) is 33.1 Å². The molecule has 126 valence electrons. The van der Waals surface area contributed by atoms with Crippen LogP contribution in [0.1, 0.15) is 10.4 Å². The number of halogens is 1. The van der Waals surface area contributed by atoms with Crippen LogP contribution in [0.25, 0.3) is 0 Å². The van der Waals surface area contributed by atoms with Gasteiger partial charge in [-0.05, 0) is 18.2 Å². The van der Waals surface area contributed by atoms with Crippen molar-refractivity contribution >= 4 is 35.2 Å². The van der Waals surface area contributed by atoms with Crippen molar-refractivity contribution in [3.63, 3.8) is 0 Å². The minimum atomic E-state index is -1.47. The third-order valence-electron chi connectivity index (χ3n) is 2.80. The molecule has 3 amide bonds. The third kappa shape index (κ3) is 5.42. The smallest absolute Gasteiger partial charge is 0.336 e. The number of benzene rings is 1. The first-order valence-corrected chi connectivity index (χ1v) is 6.96. The molecule has 0 aromatic heterocycles. The van der Waals surface area contributed by atoms with Crippen LogP contribution in [0.3, 0.4) is 0 Å². The monoisotopic (exact) mass is 343 g/mol. The molecule has 9 heteroatoms. The molecule has 0 spiro atoms. The molecule has 1 aromatic rings. The van der Waals surface area contributed by atoms with Gasteiger partial charge in [0.1, 0.15) is 0 Å². The summed E-state index contributed by atoms with van der Waals surface area (Å²) in [4.78, 5) is 36.0. The van der Waals surface area contributed by atoms with Crippen LogP contribution < -0.4 is 10.6 Å². The van der Waals surface area contributed by atoms with Gasteiger partial charge >= 0.3 is 12.0 Å². The van der Waals surface area contributed by atoms with Crippen molar-refractivity contribution in [1.82, 2.24) is 10.2 Å². The molecule has 0 heterocycles. The summed E-state index contributed by atoms with van der Waals surface area (Å²) in [6, 6.07) is 3.76. The van der Waals surface area contributed by atoms with Gasteiger partial charge in [-0.1, -0.05) is 11.6 Å². The van der Waals surface area contributed by atoms with Crippen LogP contribution in [-0.2, 0) is 9.53 Å². The normalized spacial score (nSPS) is 11.3. The quantitative estimate of drug-likeness (QED) is 0.682. The molecule has 0 aliphatic rings. The molecule has 0 radical (unpaired) electrons. The maximum absolute atomic E-state index is 11.9. The highest BCUT2D eigenvalue weighted by atomic mass is 35.5. The number of aliphatic hydroxyl groups is 1. The molecule has 1 atom stereocenters. The molecule has 0 aliphatic carbocycles. The molecule has 8 nitrogen and oxygen atoms in total. The zero-order valence-corrected chi connectivity index (χ0v) is 13.7. The average Bonchev–Trinajstić information content (AvgIpc) is 2.52. The fourth-order valence-electron chi connectivity index (χ4n) is 1.59. The first-order chi connectivity index (χ1) is 10.8. The van der Waals surface area contributed by atoms with Gasteiger partial charge in [0.25, 0.3) is 5.91 Å². The van der Waals surface area contributed by atoms with Crippen LogP contribution in [0.2, 0.25) is 5.02 Å². The van der Waals surface area contributed by atoms with Crippen LogP contribution in [0.5, 0.6) is 0 Å². The molecule has 0 saturated heterocycles. The van der Waals surface area contributed by atoms with E-state index < -0.39 is 18.1 Å². The maximum Gasteiger partial charge on any atom is 0.336 e. The Morgan fingerprint density at radius 1 is 1.35 bits per heavy atom. The number of rotatable bonds is 5. The number of anilines is 1. The number of aliphatic hydroxyl groups excluding tert-OH is 1. The standard InChI is InChI=1S/C14H18ClN3O5/c1-18(2)12(20)8-4-5-9(15)10(6-8)17-14(22)16-7-11(19)13(21)23-3/h4-6,11,19H,7H2,1-3H3,(H2,16,17,22)/t11-/m0/s1. The summed E-state index contributed by atoms with van der Waals surface area (Å²) >= 11 is 5.97. The summed E-state index contributed by atoms with van der Waals surface area (Å²) in [5, 5.41) is 14.3. The number of methoxy groups -OCH3 is 1. The Balaban J connectivity index is 2.72. The number of nitrogens with zero attached hydrogens (tertiary/aromatic N) is 1. The molecule has 23 heavy (non-hydrogen) atoms. The lowest BCUT2D eigenvalue weighted by Gasteiger charge is -2.14. The van der Waals surface area contributed by atoms with E-state index in [0.29, 0.717) is 5.56 Å². The number of nitrogens with one attached hydrogen (secondary N) is 2. The van der Waals surface area contributed by atoms with Crippen molar-refractivity contribution in [3.8, 4) is 0 Å². The molecule has 0 saturated carbocycles. The molecule has 1 rings (SSSR count). The Labute approximate surface area is 138 Å². The van der Waals surface area contributed by atoms with Gasteiger partial charge in [-0.15, -0.1) is 0 Å². The molecule has 0 fully saturated rings. The van der Waals surface area contributed by atoms with E-state index in [1.807, 2.05) is 0 Å². The van der Waals surface area contributed by atoms with E-state index >= 15 is 0 Å². The van der Waals surface area contributed by atoms with E-state index in [1.165, 1.54) is 23.1 Å². The summed E-state index contributed by atoms with van der Waals surface area (Å²) < 4.78 is 4.32. The fraction of sp³-hybridized carbons (Fsp3) is 0.357. The maximum atomic E-state index is 11.9. The third-order valence-corrected chi connectivity index (χ3v) is 3.13. The van der Waals surface area contributed by atoms with Crippen LogP contribution in [-0.4, -0.2) is 61.8 Å². The summed E-state index contributed by atoms with van der Waals surface area (Å²) in [5.41, 5.74) is 0.578. The molecule has 1 aromatic carbocycles. The average molecular weight is 344 g/mol. The fourth-order valence-corrected chi connectivity index (χ4v) is 1.75. The number of hydrogen-bond donors (Lipinski definition) is 3. The number of urea groups is 1. The number of carbonyl (C=O) groups excluding carboxylic acids is 3. The summed E-state index contributed by atoms with van der Waals surface area (Å²) in [6.07, 6.45) is -1.47. The van der Waals surface area contributed by atoms with Gasteiger partial charge in [0.05, 0.1) is 24.4 Å².